The molecule has 0 aromatic heterocycles. The smallest absolute Gasteiger partial charge is 0.0144 e. The molecule has 0 aromatic rings. The molecular formula is C20H44N4. The van der Waals surface area contributed by atoms with Gasteiger partial charge in [0.15, 0.2) is 0 Å². The van der Waals surface area contributed by atoms with Gasteiger partial charge in [-0.25, -0.2) is 0 Å². The van der Waals surface area contributed by atoms with Gasteiger partial charge >= 0.3 is 0 Å². The Hall–Kier alpha value is -0.160. The highest BCUT2D eigenvalue weighted by atomic mass is 15.1. The van der Waals surface area contributed by atoms with Crippen LogP contribution < -0.4 is 10.6 Å². The van der Waals surface area contributed by atoms with Crippen LogP contribution >= 0.6 is 0 Å². The first-order chi connectivity index (χ1) is 11.2. The standard InChI is InChI=1S/C20H44N4/c1-8-24(9-2)15-11-14-23(7)13-10-12-21-18-16-19(3,4)22-20(5,6)17-18/h18,21-22H,8-17H2,1-7H3. The van der Waals surface area contributed by atoms with E-state index < -0.39 is 0 Å². The molecule has 0 unspecified atom stereocenters. The average Bonchev–Trinajstić information content (AvgIpc) is 2.45. The SMILES string of the molecule is CCN(CC)CCCN(C)CCCNC1CC(C)(C)NC(C)(C)C1. The second-order valence-electron chi connectivity index (χ2n) is 8.99. The molecule has 4 heteroatoms. The second-order valence-corrected chi connectivity index (χ2v) is 8.99. The Labute approximate surface area is 151 Å². The zero-order chi connectivity index (χ0) is 18.2. The van der Waals surface area contributed by atoms with E-state index in [-0.39, 0.29) is 11.1 Å². The maximum atomic E-state index is 3.81. The Bertz CT molecular complexity index is 321. The van der Waals surface area contributed by atoms with Gasteiger partial charge in [0.05, 0.1) is 0 Å². The third kappa shape index (κ3) is 8.80. The van der Waals surface area contributed by atoms with Gasteiger partial charge in [0.1, 0.15) is 0 Å². The summed E-state index contributed by atoms with van der Waals surface area (Å²) in [6.45, 7) is 20.9. The van der Waals surface area contributed by atoms with Crippen molar-refractivity contribution in [1.82, 2.24) is 20.4 Å². The molecule has 0 atom stereocenters. The van der Waals surface area contributed by atoms with Gasteiger partial charge in [-0.15, -0.1) is 0 Å². The minimum Gasteiger partial charge on any atom is -0.314 e. The quantitative estimate of drug-likeness (QED) is 0.566. The Morgan fingerprint density at radius 3 is 2.00 bits per heavy atom. The van der Waals surface area contributed by atoms with Crippen molar-refractivity contribution >= 4 is 0 Å². The summed E-state index contributed by atoms with van der Waals surface area (Å²) in [5, 5.41) is 7.57. The van der Waals surface area contributed by atoms with Gasteiger partial charge < -0.3 is 20.4 Å². The molecule has 0 bridgehead atoms. The largest absolute Gasteiger partial charge is 0.314 e. The summed E-state index contributed by atoms with van der Waals surface area (Å²) >= 11 is 0. The lowest BCUT2D eigenvalue weighted by Gasteiger charge is -2.46. The van der Waals surface area contributed by atoms with E-state index in [9.17, 15) is 0 Å². The molecule has 0 aliphatic carbocycles. The van der Waals surface area contributed by atoms with Crippen molar-refractivity contribution in [3.05, 3.63) is 0 Å². The Morgan fingerprint density at radius 1 is 0.917 bits per heavy atom. The molecule has 144 valence electrons. The molecule has 1 saturated heterocycles. The summed E-state index contributed by atoms with van der Waals surface area (Å²) in [5.41, 5.74) is 0.473. The third-order valence-electron chi connectivity index (χ3n) is 5.25. The van der Waals surface area contributed by atoms with Crippen molar-refractivity contribution in [2.45, 2.75) is 84.3 Å². The highest BCUT2D eigenvalue weighted by molar-refractivity contribution is 4.99. The fourth-order valence-electron chi connectivity index (χ4n) is 4.34. The first-order valence-electron chi connectivity index (χ1n) is 10.1. The van der Waals surface area contributed by atoms with E-state index in [1.165, 1.54) is 58.4 Å². The fourth-order valence-corrected chi connectivity index (χ4v) is 4.34. The van der Waals surface area contributed by atoms with Crippen molar-refractivity contribution < 1.29 is 0 Å². The van der Waals surface area contributed by atoms with Crippen LogP contribution in [0, 0.1) is 0 Å². The van der Waals surface area contributed by atoms with Crippen molar-refractivity contribution in [3.63, 3.8) is 0 Å². The lowest BCUT2D eigenvalue weighted by Crippen LogP contribution is -2.61. The predicted molar refractivity (Wildman–Crippen MR) is 107 cm³/mol. The zero-order valence-electron chi connectivity index (χ0n) is 17.5. The first-order valence-corrected chi connectivity index (χ1v) is 10.1. The molecule has 1 aliphatic heterocycles. The molecule has 0 spiro atoms. The molecule has 1 heterocycles. The monoisotopic (exact) mass is 340 g/mol. The van der Waals surface area contributed by atoms with E-state index in [0.29, 0.717) is 6.04 Å². The molecule has 1 aliphatic rings. The third-order valence-corrected chi connectivity index (χ3v) is 5.25. The molecular weight excluding hydrogens is 296 g/mol. The van der Waals surface area contributed by atoms with Gasteiger partial charge in [0, 0.05) is 17.1 Å². The van der Waals surface area contributed by atoms with Gasteiger partial charge in [0.25, 0.3) is 0 Å². The number of piperidine rings is 1. The minimum absolute atomic E-state index is 0.237. The minimum atomic E-state index is 0.237. The maximum absolute atomic E-state index is 3.81. The molecule has 1 fully saturated rings. The van der Waals surface area contributed by atoms with Crippen molar-refractivity contribution in [2.24, 2.45) is 0 Å². The number of nitrogens with one attached hydrogen (secondary N) is 2. The van der Waals surface area contributed by atoms with Crippen molar-refractivity contribution in [3.8, 4) is 0 Å². The molecule has 4 nitrogen and oxygen atoms in total. The van der Waals surface area contributed by atoms with E-state index in [4.69, 9.17) is 0 Å². The normalized spacial score (nSPS) is 20.9. The number of hydrogen-bond acceptors (Lipinski definition) is 4. The van der Waals surface area contributed by atoms with E-state index in [1.807, 2.05) is 0 Å². The number of hydrogen-bond donors (Lipinski definition) is 2. The van der Waals surface area contributed by atoms with Crippen LogP contribution in [0.25, 0.3) is 0 Å². The molecule has 2 N–H and O–H groups in total. The van der Waals surface area contributed by atoms with Crippen LogP contribution in [0.15, 0.2) is 0 Å². The van der Waals surface area contributed by atoms with Gasteiger partial charge in [-0.05, 0) is 99.7 Å². The van der Waals surface area contributed by atoms with E-state index in [0.717, 1.165) is 6.54 Å². The molecule has 0 aromatic carbocycles. The highest BCUT2D eigenvalue weighted by Gasteiger charge is 2.37. The Kier molecular flexibility index (Phi) is 9.21. The van der Waals surface area contributed by atoms with E-state index in [1.54, 1.807) is 0 Å². The maximum Gasteiger partial charge on any atom is 0.0144 e. The van der Waals surface area contributed by atoms with E-state index >= 15 is 0 Å². The summed E-state index contributed by atoms with van der Waals surface area (Å²) in [7, 11) is 2.26. The van der Waals surface area contributed by atoms with Crippen LogP contribution in [0.3, 0.4) is 0 Å². The molecule has 24 heavy (non-hydrogen) atoms. The van der Waals surface area contributed by atoms with Gasteiger partial charge in [0.2, 0.25) is 0 Å². The fraction of sp³-hybridized carbons (Fsp3) is 1.00. The Balaban J connectivity index is 2.14. The second kappa shape index (κ2) is 10.1. The van der Waals surface area contributed by atoms with Crippen molar-refractivity contribution in [2.75, 3.05) is 46.3 Å². The van der Waals surface area contributed by atoms with Crippen LogP contribution in [0.2, 0.25) is 0 Å². The molecule has 1 rings (SSSR count). The summed E-state index contributed by atoms with van der Waals surface area (Å²) in [6.07, 6.45) is 4.96. The lowest BCUT2D eigenvalue weighted by atomic mass is 9.79. The first kappa shape index (κ1) is 21.9. The lowest BCUT2D eigenvalue weighted by molar-refractivity contribution is 0.145. The molecule has 0 amide bonds. The summed E-state index contributed by atoms with van der Waals surface area (Å²) in [4.78, 5) is 5.00. The highest BCUT2D eigenvalue weighted by Crippen LogP contribution is 2.28. The summed E-state index contributed by atoms with van der Waals surface area (Å²) in [5.74, 6) is 0. The van der Waals surface area contributed by atoms with Crippen LogP contribution in [0.4, 0.5) is 0 Å². The summed E-state index contributed by atoms with van der Waals surface area (Å²) < 4.78 is 0. The number of rotatable bonds is 11. The molecule has 0 radical (unpaired) electrons. The predicted octanol–water partition coefficient (Wildman–Crippen LogP) is 2.94. The van der Waals surface area contributed by atoms with Gasteiger partial charge in [-0.1, -0.05) is 13.8 Å². The molecule has 0 saturated carbocycles. The summed E-state index contributed by atoms with van der Waals surface area (Å²) in [6, 6.07) is 0.643. The van der Waals surface area contributed by atoms with Crippen LogP contribution in [0.5, 0.6) is 0 Å². The van der Waals surface area contributed by atoms with Crippen molar-refractivity contribution in [1.29, 1.82) is 0 Å². The number of nitrogens with zero attached hydrogens (tertiary/aromatic N) is 2. The van der Waals surface area contributed by atoms with Crippen LogP contribution in [-0.4, -0.2) is 73.2 Å². The average molecular weight is 341 g/mol. The van der Waals surface area contributed by atoms with Crippen LogP contribution in [-0.2, 0) is 0 Å². The van der Waals surface area contributed by atoms with E-state index in [2.05, 4.69) is 69.0 Å². The van der Waals surface area contributed by atoms with Gasteiger partial charge in [-0.2, -0.15) is 0 Å². The van der Waals surface area contributed by atoms with Crippen LogP contribution in [0.1, 0.15) is 67.2 Å². The zero-order valence-corrected chi connectivity index (χ0v) is 17.5. The Morgan fingerprint density at radius 2 is 1.46 bits per heavy atom. The topological polar surface area (TPSA) is 30.5 Å². The van der Waals surface area contributed by atoms with Gasteiger partial charge in [-0.3, -0.25) is 0 Å².